The van der Waals surface area contributed by atoms with Crippen molar-refractivity contribution in [3.05, 3.63) is 18.0 Å². The fourth-order valence-electron chi connectivity index (χ4n) is 2.36. The Morgan fingerprint density at radius 2 is 1.95 bits per heavy atom. The van der Waals surface area contributed by atoms with Crippen LogP contribution < -0.4 is 0 Å². The Bertz CT molecular complexity index is 626. The van der Waals surface area contributed by atoms with Crippen LogP contribution in [0.3, 0.4) is 0 Å². The van der Waals surface area contributed by atoms with Crippen molar-refractivity contribution in [3.8, 4) is 0 Å². The van der Waals surface area contributed by atoms with Gasteiger partial charge in [-0.3, -0.25) is 0 Å². The number of sulfonamides is 1. The highest BCUT2D eigenvalue weighted by Crippen LogP contribution is 2.37. The van der Waals surface area contributed by atoms with Crippen LogP contribution in [0.1, 0.15) is 29.4 Å². The smallest absolute Gasteiger partial charge is 0.352 e. The number of carboxylic acid groups (broad SMARTS) is 1. The van der Waals surface area contributed by atoms with Gasteiger partial charge >= 0.3 is 5.97 Å². The molecule has 20 heavy (non-hydrogen) atoms. The summed E-state index contributed by atoms with van der Waals surface area (Å²) in [5.41, 5.74) is 0.0411. The molecule has 1 aromatic rings. The van der Waals surface area contributed by atoms with Crippen LogP contribution in [0.25, 0.3) is 0 Å². The Morgan fingerprint density at radius 3 is 2.50 bits per heavy atom. The molecule has 1 aliphatic heterocycles. The molecule has 0 spiro atoms. The molecule has 7 nitrogen and oxygen atoms in total. The summed E-state index contributed by atoms with van der Waals surface area (Å²) in [6, 6.07) is 1.38. The van der Waals surface area contributed by atoms with E-state index in [4.69, 9.17) is 4.74 Å². The van der Waals surface area contributed by atoms with Gasteiger partial charge < -0.3 is 14.4 Å². The minimum absolute atomic E-state index is 0.0411. The molecule has 0 bridgehead atoms. The largest absolute Gasteiger partial charge is 0.477 e. The fraction of sp³-hybridized carbons (Fsp3) is 0.583. The molecule has 0 radical (unpaired) electrons. The third-order valence-corrected chi connectivity index (χ3v) is 5.45. The van der Waals surface area contributed by atoms with Crippen molar-refractivity contribution in [1.82, 2.24) is 8.87 Å². The molecule has 110 valence electrons. The number of carboxylic acids is 1. The number of hydrogen-bond acceptors (Lipinski definition) is 4. The van der Waals surface area contributed by atoms with Crippen LogP contribution in [-0.4, -0.2) is 54.7 Å². The number of carbonyl (C=O) groups is 1. The lowest BCUT2D eigenvalue weighted by Gasteiger charge is -2.25. The third-order valence-electron chi connectivity index (χ3n) is 3.59. The van der Waals surface area contributed by atoms with Crippen molar-refractivity contribution in [2.24, 2.45) is 0 Å². The molecule has 1 saturated carbocycles. The number of ether oxygens (including phenoxy) is 1. The van der Waals surface area contributed by atoms with Crippen molar-refractivity contribution in [2.45, 2.75) is 23.8 Å². The van der Waals surface area contributed by atoms with Crippen LogP contribution in [0, 0.1) is 0 Å². The van der Waals surface area contributed by atoms with Crippen LogP contribution in [0.5, 0.6) is 0 Å². The van der Waals surface area contributed by atoms with Crippen LogP contribution in [-0.2, 0) is 14.8 Å². The lowest BCUT2D eigenvalue weighted by atomic mass is 10.4. The zero-order valence-electron chi connectivity index (χ0n) is 10.9. The molecule has 0 atom stereocenters. The maximum absolute atomic E-state index is 12.5. The molecule has 1 N–H and O–H groups in total. The molecule has 1 aromatic heterocycles. The molecule has 0 aromatic carbocycles. The highest BCUT2D eigenvalue weighted by Gasteiger charge is 2.33. The van der Waals surface area contributed by atoms with Gasteiger partial charge in [-0.1, -0.05) is 0 Å². The first kappa shape index (κ1) is 13.6. The molecule has 3 rings (SSSR count). The number of rotatable bonds is 4. The quantitative estimate of drug-likeness (QED) is 0.877. The predicted octanol–water partition coefficient (Wildman–Crippen LogP) is 0.542. The van der Waals surface area contributed by atoms with Crippen LogP contribution >= 0.6 is 0 Å². The van der Waals surface area contributed by atoms with Crippen LogP contribution in [0.2, 0.25) is 0 Å². The Hall–Kier alpha value is -1.38. The first-order valence-electron chi connectivity index (χ1n) is 6.53. The molecular weight excluding hydrogens is 284 g/mol. The number of aromatic carboxylic acids is 1. The predicted molar refractivity (Wildman–Crippen MR) is 69.2 cm³/mol. The van der Waals surface area contributed by atoms with Gasteiger partial charge in [0.05, 0.1) is 13.2 Å². The van der Waals surface area contributed by atoms with E-state index in [-0.39, 0.29) is 16.6 Å². The lowest BCUT2D eigenvalue weighted by molar-refractivity contribution is 0.0684. The normalized spacial score (nSPS) is 21.0. The first-order valence-corrected chi connectivity index (χ1v) is 7.97. The molecule has 8 heteroatoms. The van der Waals surface area contributed by atoms with E-state index in [0.717, 1.165) is 12.8 Å². The molecule has 0 unspecified atom stereocenters. The highest BCUT2D eigenvalue weighted by atomic mass is 32.2. The zero-order chi connectivity index (χ0) is 14.3. The van der Waals surface area contributed by atoms with Gasteiger partial charge in [0.25, 0.3) is 0 Å². The Labute approximate surface area is 116 Å². The van der Waals surface area contributed by atoms with E-state index >= 15 is 0 Å². The summed E-state index contributed by atoms with van der Waals surface area (Å²) >= 11 is 0. The summed E-state index contributed by atoms with van der Waals surface area (Å²) < 4.78 is 33.0. The zero-order valence-corrected chi connectivity index (χ0v) is 11.7. The van der Waals surface area contributed by atoms with Crippen LogP contribution in [0.15, 0.2) is 17.2 Å². The summed E-state index contributed by atoms with van der Waals surface area (Å²) in [7, 11) is -3.63. The number of morpholine rings is 1. The van der Waals surface area contributed by atoms with Gasteiger partial charge in [-0.25, -0.2) is 13.2 Å². The second kappa shape index (κ2) is 4.87. The summed E-state index contributed by atoms with van der Waals surface area (Å²) in [6.07, 6.45) is 3.24. The number of aromatic nitrogens is 1. The standard InChI is InChI=1S/C12H16N2O5S/c15-12(16)11-7-10(8-14(11)9-1-2-9)20(17,18)13-3-5-19-6-4-13/h7-9H,1-6H2,(H,15,16). The molecule has 0 amide bonds. The second-order valence-electron chi connectivity index (χ2n) is 5.02. The molecule has 2 aliphatic rings. The summed E-state index contributed by atoms with van der Waals surface area (Å²) in [6.45, 7) is 1.35. The Kier molecular flexibility index (Phi) is 3.31. The topological polar surface area (TPSA) is 88.8 Å². The second-order valence-corrected chi connectivity index (χ2v) is 6.96. The van der Waals surface area contributed by atoms with E-state index in [1.165, 1.54) is 16.6 Å². The van der Waals surface area contributed by atoms with Gasteiger partial charge in [0.2, 0.25) is 10.0 Å². The summed E-state index contributed by atoms with van der Waals surface area (Å²) in [4.78, 5) is 11.3. The number of hydrogen-bond donors (Lipinski definition) is 1. The van der Waals surface area contributed by atoms with Crippen molar-refractivity contribution in [2.75, 3.05) is 26.3 Å². The number of nitrogens with zero attached hydrogens (tertiary/aromatic N) is 2. The molecule has 1 aliphatic carbocycles. The van der Waals surface area contributed by atoms with Gasteiger partial charge in [0.1, 0.15) is 10.6 Å². The van der Waals surface area contributed by atoms with E-state index < -0.39 is 16.0 Å². The Morgan fingerprint density at radius 1 is 1.30 bits per heavy atom. The van der Waals surface area contributed by atoms with Crippen molar-refractivity contribution in [3.63, 3.8) is 0 Å². The van der Waals surface area contributed by atoms with Gasteiger partial charge in [-0.05, 0) is 18.9 Å². The Balaban J connectivity index is 1.96. The van der Waals surface area contributed by atoms with E-state index in [9.17, 15) is 18.3 Å². The van der Waals surface area contributed by atoms with Gasteiger partial charge in [0.15, 0.2) is 0 Å². The molecule has 2 fully saturated rings. The van der Waals surface area contributed by atoms with Gasteiger partial charge in [0, 0.05) is 25.3 Å². The average molecular weight is 300 g/mol. The molecule has 2 heterocycles. The maximum atomic E-state index is 12.5. The fourth-order valence-corrected chi connectivity index (χ4v) is 3.79. The lowest BCUT2D eigenvalue weighted by Crippen LogP contribution is -2.40. The average Bonchev–Trinajstić information content (AvgIpc) is 3.17. The minimum atomic E-state index is -3.63. The van der Waals surface area contributed by atoms with Crippen LogP contribution in [0.4, 0.5) is 0 Å². The molecular formula is C12H16N2O5S. The van der Waals surface area contributed by atoms with Crippen molar-refractivity contribution in [1.29, 1.82) is 0 Å². The van der Waals surface area contributed by atoms with E-state index in [2.05, 4.69) is 0 Å². The third kappa shape index (κ3) is 2.34. The van der Waals surface area contributed by atoms with Gasteiger partial charge in [-0.15, -0.1) is 0 Å². The van der Waals surface area contributed by atoms with E-state index in [0.29, 0.717) is 26.3 Å². The highest BCUT2D eigenvalue weighted by molar-refractivity contribution is 7.89. The minimum Gasteiger partial charge on any atom is -0.477 e. The monoisotopic (exact) mass is 300 g/mol. The summed E-state index contributed by atoms with van der Waals surface area (Å²) in [5.74, 6) is -1.10. The van der Waals surface area contributed by atoms with E-state index in [1.807, 2.05) is 0 Å². The summed E-state index contributed by atoms with van der Waals surface area (Å²) in [5, 5.41) is 9.18. The first-order chi connectivity index (χ1) is 9.50. The maximum Gasteiger partial charge on any atom is 0.352 e. The van der Waals surface area contributed by atoms with Gasteiger partial charge in [-0.2, -0.15) is 4.31 Å². The van der Waals surface area contributed by atoms with E-state index in [1.54, 1.807) is 4.57 Å². The van der Waals surface area contributed by atoms with Crippen molar-refractivity contribution >= 4 is 16.0 Å². The SMILES string of the molecule is O=C(O)c1cc(S(=O)(=O)N2CCOCC2)cn1C1CC1. The van der Waals surface area contributed by atoms with Crippen molar-refractivity contribution < 1.29 is 23.1 Å². The molecule has 1 saturated heterocycles.